The van der Waals surface area contributed by atoms with Crippen molar-refractivity contribution in [2.75, 3.05) is 6.61 Å². The molecule has 1 aliphatic rings. The van der Waals surface area contributed by atoms with Gasteiger partial charge in [0.1, 0.15) is 11.4 Å². The van der Waals surface area contributed by atoms with E-state index in [1.165, 1.54) is 0 Å². The van der Waals surface area contributed by atoms with Crippen LogP contribution in [0.1, 0.15) is 17.7 Å². The SMILES string of the molecule is O=c1nc(-c2cccc3c2OCCC3)cc(C(F)(F)F)[nH]1. The first kappa shape index (κ1) is 13.7. The fourth-order valence-electron chi connectivity index (χ4n) is 2.34. The van der Waals surface area contributed by atoms with E-state index >= 15 is 0 Å². The third-order valence-corrected chi connectivity index (χ3v) is 3.26. The van der Waals surface area contributed by atoms with E-state index in [9.17, 15) is 18.0 Å². The first-order valence-electron chi connectivity index (χ1n) is 6.39. The Morgan fingerprint density at radius 2 is 2.10 bits per heavy atom. The third kappa shape index (κ3) is 2.63. The summed E-state index contributed by atoms with van der Waals surface area (Å²) >= 11 is 0. The second-order valence-corrected chi connectivity index (χ2v) is 4.73. The van der Waals surface area contributed by atoms with Gasteiger partial charge in [0.15, 0.2) is 0 Å². The molecule has 0 amide bonds. The Kier molecular flexibility index (Phi) is 3.19. The van der Waals surface area contributed by atoms with E-state index in [4.69, 9.17) is 4.74 Å². The van der Waals surface area contributed by atoms with Crippen LogP contribution in [0.3, 0.4) is 0 Å². The van der Waals surface area contributed by atoms with Crippen LogP contribution in [0.15, 0.2) is 29.1 Å². The van der Waals surface area contributed by atoms with Gasteiger partial charge < -0.3 is 9.72 Å². The summed E-state index contributed by atoms with van der Waals surface area (Å²) in [5.41, 5.74) is -0.873. The van der Waals surface area contributed by atoms with Crippen LogP contribution >= 0.6 is 0 Å². The zero-order valence-electron chi connectivity index (χ0n) is 10.8. The molecule has 0 radical (unpaired) electrons. The average Bonchev–Trinajstić information content (AvgIpc) is 2.45. The number of H-pyrrole nitrogens is 1. The highest BCUT2D eigenvalue weighted by molar-refractivity contribution is 5.69. The molecule has 7 heteroatoms. The lowest BCUT2D eigenvalue weighted by atomic mass is 10.0. The van der Waals surface area contributed by atoms with Crippen LogP contribution in [0.5, 0.6) is 5.75 Å². The normalized spacial score (nSPS) is 14.4. The number of halogens is 3. The number of hydrogen-bond donors (Lipinski definition) is 1. The van der Waals surface area contributed by atoms with Crippen LogP contribution in [-0.4, -0.2) is 16.6 Å². The number of nitrogens with one attached hydrogen (secondary N) is 1. The Balaban J connectivity index is 2.17. The first-order chi connectivity index (χ1) is 9.95. The van der Waals surface area contributed by atoms with Crippen molar-refractivity contribution in [1.82, 2.24) is 9.97 Å². The number of hydrogen-bond acceptors (Lipinski definition) is 3. The molecule has 0 fully saturated rings. The van der Waals surface area contributed by atoms with Crippen LogP contribution in [-0.2, 0) is 12.6 Å². The maximum atomic E-state index is 12.8. The van der Waals surface area contributed by atoms with E-state index in [1.807, 2.05) is 6.07 Å². The zero-order valence-corrected chi connectivity index (χ0v) is 10.8. The molecular formula is C14H11F3N2O2. The van der Waals surface area contributed by atoms with Crippen molar-refractivity contribution in [2.24, 2.45) is 0 Å². The predicted octanol–water partition coefficient (Wildman–Crippen LogP) is 2.78. The minimum atomic E-state index is -4.63. The van der Waals surface area contributed by atoms with E-state index in [2.05, 4.69) is 4.98 Å². The largest absolute Gasteiger partial charge is 0.493 e. The average molecular weight is 296 g/mol. The fourth-order valence-corrected chi connectivity index (χ4v) is 2.34. The lowest BCUT2D eigenvalue weighted by Gasteiger charge is -2.20. The minimum absolute atomic E-state index is 0.0372. The number of benzene rings is 1. The van der Waals surface area contributed by atoms with Crippen LogP contribution in [0.2, 0.25) is 0 Å². The van der Waals surface area contributed by atoms with Crippen molar-refractivity contribution in [3.8, 4) is 17.0 Å². The van der Waals surface area contributed by atoms with Crippen LogP contribution < -0.4 is 10.4 Å². The monoisotopic (exact) mass is 296 g/mol. The predicted molar refractivity (Wildman–Crippen MR) is 69.1 cm³/mol. The second-order valence-electron chi connectivity index (χ2n) is 4.73. The van der Waals surface area contributed by atoms with Gasteiger partial charge in [0, 0.05) is 5.56 Å². The molecule has 1 N–H and O–H groups in total. The van der Waals surface area contributed by atoms with Gasteiger partial charge in [-0.15, -0.1) is 0 Å². The number of nitrogens with zero attached hydrogens (tertiary/aromatic N) is 1. The summed E-state index contributed by atoms with van der Waals surface area (Å²) < 4.78 is 43.9. The van der Waals surface area contributed by atoms with Crippen molar-refractivity contribution < 1.29 is 17.9 Å². The van der Waals surface area contributed by atoms with Gasteiger partial charge in [0.2, 0.25) is 0 Å². The topological polar surface area (TPSA) is 55.0 Å². The Bertz CT molecular complexity index is 738. The molecule has 0 unspecified atom stereocenters. The Labute approximate surface area is 117 Å². The number of alkyl halides is 3. The molecule has 0 atom stereocenters. The highest BCUT2D eigenvalue weighted by atomic mass is 19.4. The van der Waals surface area contributed by atoms with Gasteiger partial charge in [-0.3, -0.25) is 0 Å². The lowest BCUT2D eigenvalue weighted by molar-refractivity contribution is -0.141. The summed E-state index contributed by atoms with van der Waals surface area (Å²) in [4.78, 5) is 16.7. The smallest absolute Gasteiger partial charge is 0.431 e. The Morgan fingerprint density at radius 3 is 2.86 bits per heavy atom. The number of para-hydroxylation sites is 1. The highest BCUT2D eigenvalue weighted by Gasteiger charge is 2.33. The maximum Gasteiger partial charge on any atom is 0.431 e. The van der Waals surface area contributed by atoms with E-state index in [0.29, 0.717) is 17.9 Å². The molecular weight excluding hydrogens is 285 g/mol. The first-order valence-corrected chi connectivity index (χ1v) is 6.39. The summed E-state index contributed by atoms with van der Waals surface area (Å²) in [7, 11) is 0. The van der Waals surface area contributed by atoms with Crippen LogP contribution in [0.25, 0.3) is 11.3 Å². The number of fused-ring (bicyclic) bond motifs is 1. The van der Waals surface area contributed by atoms with Gasteiger partial charge in [-0.25, -0.2) is 4.79 Å². The fraction of sp³-hybridized carbons (Fsp3) is 0.286. The minimum Gasteiger partial charge on any atom is -0.493 e. The summed E-state index contributed by atoms with van der Waals surface area (Å²) in [5.74, 6) is 0.509. The number of rotatable bonds is 1. The number of aromatic nitrogens is 2. The standard InChI is InChI=1S/C14H11F3N2O2/c15-14(16,17)11-7-10(18-13(20)19-11)9-5-1-3-8-4-2-6-21-12(8)9/h1,3,5,7H,2,4,6H2,(H,18,19,20). The van der Waals surface area contributed by atoms with E-state index < -0.39 is 17.6 Å². The number of aromatic amines is 1. The zero-order chi connectivity index (χ0) is 15.0. The van der Waals surface area contributed by atoms with Gasteiger partial charge in [0.05, 0.1) is 12.3 Å². The third-order valence-electron chi connectivity index (χ3n) is 3.26. The van der Waals surface area contributed by atoms with E-state index in [0.717, 1.165) is 24.5 Å². The molecule has 2 aromatic rings. The van der Waals surface area contributed by atoms with Crippen molar-refractivity contribution in [3.63, 3.8) is 0 Å². The van der Waals surface area contributed by atoms with Crippen molar-refractivity contribution in [1.29, 1.82) is 0 Å². The molecule has 0 spiro atoms. The summed E-state index contributed by atoms with van der Waals surface area (Å²) in [6, 6.07) is 6.01. The van der Waals surface area contributed by atoms with Crippen molar-refractivity contribution in [2.45, 2.75) is 19.0 Å². The summed E-state index contributed by atoms with van der Waals surface area (Å²) in [5, 5.41) is 0. The Morgan fingerprint density at radius 1 is 1.29 bits per heavy atom. The van der Waals surface area contributed by atoms with Crippen LogP contribution in [0, 0.1) is 0 Å². The van der Waals surface area contributed by atoms with Gasteiger partial charge in [-0.2, -0.15) is 18.2 Å². The van der Waals surface area contributed by atoms with Crippen LogP contribution in [0.4, 0.5) is 13.2 Å². The van der Waals surface area contributed by atoms with Crippen molar-refractivity contribution >= 4 is 0 Å². The highest BCUT2D eigenvalue weighted by Crippen LogP contribution is 2.36. The molecule has 21 heavy (non-hydrogen) atoms. The number of aryl methyl sites for hydroxylation is 1. The molecule has 0 saturated heterocycles. The second kappa shape index (κ2) is 4.91. The molecule has 110 valence electrons. The molecule has 0 saturated carbocycles. The molecule has 0 aliphatic carbocycles. The van der Waals surface area contributed by atoms with Gasteiger partial charge in [-0.1, -0.05) is 12.1 Å². The summed E-state index contributed by atoms with van der Waals surface area (Å²) in [6.45, 7) is 0.499. The quantitative estimate of drug-likeness (QED) is 0.880. The maximum absolute atomic E-state index is 12.8. The van der Waals surface area contributed by atoms with Gasteiger partial charge in [0.25, 0.3) is 0 Å². The van der Waals surface area contributed by atoms with Gasteiger partial charge in [-0.05, 0) is 30.5 Å². The van der Waals surface area contributed by atoms with Gasteiger partial charge >= 0.3 is 11.9 Å². The molecule has 1 aromatic carbocycles. The number of ether oxygens (including phenoxy) is 1. The molecule has 4 nitrogen and oxygen atoms in total. The lowest BCUT2D eigenvalue weighted by Crippen LogP contribution is -2.19. The van der Waals surface area contributed by atoms with E-state index in [-0.39, 0.29) is 5.69 Å². The van der Waals surface area contributed by atoms with Crippen molar-refractivity contribution in [3.05, 3.63) is 46.0 Å². The molecule has 0 bridgehead atoms. The Hall–Kier alpha value is -2.31. The van der Waals surface area contributed by atoms with E-state index in [1.54, 1.807) is 17.1 Å². The molecule has 1 aliphatic heterocycles. The molecule has 2 heterocycles. The molecule has 1 aromatic heterocycles. The summed E-state index contributed by atoms with van der Waals surface area (Å²) in [6.07, 6.45) is -2.99. The molecule has 3 rings (SSSR count).